The van der Waals surface area contributed by atoms with E-state index in [4.69, 9.17) is 0 Å². The predicted octanol–water partition coefficient (Wildman–Crippen LogP) is 2.29. The largest absolute Gasteiger partial charge is 0.508 e. The number of nitrogens with zero attached hydrogens (tertiary/aromatic N) is 1. The molecule has 2 atom stereocenters. The molecule has 0 bridgehead atoms. The fourth-order valence-corrected chi connectivity index (χ4v) is 3.21. The first kappa shape index (κ1) is 18.4. The summed E-state index contributed by atoms with van der Waals surface area (Å²) in [4.78, 5) is 14.6. The molecular weight excluding hydrogens is 335 g/mol. The number of benzene rings is 2. The lowest BCUT2D eigenvalue weighted by Gasteiger charge is -2.27. The van der Waals surface area contributed by atoms with Crippen LogP contribution >= 0.6 is 0 Å². The Hall–Kier alpha value is -2.44. The van der Waals surface area contributed by atoms with Gasteiger partial charge < -0.3 is 15.5 Å². The Morgan fingerprint density at radius 3 is 2.54 bits per heavy atom. The van der Waals surface area contributed by atoms with Crippen LogP contribution in [0, 0.1) is 5.82 Å². The number of rotatable bonds is 4. The number of hydrogen-bond acceptors (Lipinski definition) is 4. The number of nitrogens with one attached hydrogen (secondary N) is 1. The molecule has 1 fully saturated rings. The van der Waals surface area contributed by atoms with Crippen molar-refractivity contribution < 1.29 is 19.4 Å². The van der Waals surface area contributed by atoms with E-state index in [1.54, 1.807) is 24.3 Å². The summed E-state index contributed by atoms with van der Waals surface area (Å²) in [6, 6.07) is 12.0. The molecule has 6 heteroatoms. The number of carbonyl (C=O) groups is 1. The van der Waals surface area contributed by atoms with Gasteiger partial charge in [-0.25, -0.2) is 4.39 Å². The third kappa shape index (κ3) is 4.80. The van der Waals surface area contributed by atoms with Gasteiger partial charge in [0.25, 0.3) is 5.91 Å². The van der Waals surface area contributed by atoms with Gasteiger partial charge in [0.15, 0.2) is 0 Å². The maximum absolute atomic E-state index is 13.1. The van der Waals surface area contributed by atoms with Gasteiger partial charge in [0.2, 0.25) is 0 Å². The highest BCUT2D eigenvalue weighted by Crippen LogP contribution is 2.16. The number of aliphatic hydroxyl groups excluding tert-OH is 1. The van der Waals surface area contributed by atoms with Crippen LogP contribution in [-0.2, 0) is 6.54 Å². The molecule has 3 rings (SSSR count). The monoisotopic (exact) mass is 358 g/mol. The first-order valence-electron chi connectivity index (χ1n) is 8.76. The van der Waals surface area contributed by atoms with E-state index in [1.165, 1.54) is 24.3 Å². The van der Waals surface area contributed by atoms with E-state index in [9.17, 15) is 19.4 Å². The highest BCUT2D eigenvalue weighted by Gasteiger charge is 2.27. The van der Waals surface area contributed by atoms with E-state index in [2.05, 4.69) is 10.2 Å². The zero-order valence-electron chi connectivity index (χ0n) is 14.4. The molecule has 1 amide bonds. The predicted molar refractivity (Wildman–Crippen MR) is 96.3 cm³/mol. The summed E-state index contributed by atoms with van der Waals surface area (Å²) in [6.45, 7) is 1.96. The molecule has 2 aromatic carbocycles. The second kappa shape index (κ2) is 8.29. The Balaban J connectivity index is 1.65. The Labute approximate surface area is 152 Å². The van der Waals surface area contributed by atoms with Crippen molar-refractivity contribution >= 4 is 5.91 Å². The highest BCUT2D eigenvalue weighted by atomic mass is 19.1. The molecule has 0 aliphatic carbocycles. The first-order chi connectivity index (χ1) is 12.5. The van der Waals surface area contributed by atoms with E-state index >= 15 is 0 Å². The number of phenols is 1. The Morgan fingerprint density at radius 1 is 1.15 bits per heavy atom. The lowest BCUT2D eigenvalue weighted by Crippen LogP contribution is -2.48. The summed E-state index contributed by atoms with van der Waals surface area (Å²) < 4.78 is 13.1. The van der Waals surface area contributed by atoms with Gasteiger partial charge >= 0.3 is 0 Å². The number of phenolic OH excluding ortho intramolecular Hbond substituents is 1. The minimum atomic E-state index is -0.616. The molecule has 2 aromatic rings. The Kier molecular flexibility index (Phi) is 5.85. The van der Waals surface area contributed by atoms with Gasteiger partial charge in [-0.2, -0.15) is 0 Å². The lowest BCUT2D eigenvalue weighted by molar-refractivity contribution is 0.0798. The molecule has 1 saturated heterocycles. The van der Waals surface area contributed by atoms with Crippen molar-refractivity contribution in [2.24, 2.45) is 0 Å². The van der Waals surface area contributed by atoms with E-state index in [0.29, 0.717) is 25.1 Å². The maximum Gasteiger partial charge on any atom is 0.251 e. The summed E-state index contributed by atoms with van der Waals surface area (Å²) in [7, 11) is 0. The van der Waals surface area contributed by atoms with Crippen molar-refractivity contribution in [3.8, 4) is 5.75 Å². The third-order valence-corrected chi connectivity index (χ3v) is 4.66. The third-order valence-electron chi connectivity index (χ3n) is 4.66. The number of halogens is 1. The fourth-order valence-electron chi connectivity index (χ4n) is 3.21. The molecule has 2 unspecified atom stereocenters. The van der Waals surface area contributed by atoms with Crippen LogP contribution in [0.4, 0.5) is 4.39 Å². The van der Waals surface area contributed by atoms with Crippen LogP contribution in [-0.4, -0.2) is 46.3 Å². The smallest absolute Gasteiger partial charge is 0.251 e. The van der Waals surface area contributed by atoms with Gasteiger partial charge in [-0.3, -0.25) is 9.69 Å². The van der Waals surface area contributed by atoms with Gasteiger partial charge in [-0.1, -0.05) is 12.1 Å². The zero-order chi connectivity index (χ0) is 18.5. The fraction of sp³-hybridized carbons (Fsp3) is 0.350. The Bertz CT molecular complexity index is 734. The Morgan fingerprint density at radius 2 is 1.85 bits per heavy atom. The number of aliphatic hydroxyl groups is 1. The molecule has 1 aliphatic heterocycles. The van der Waals surface area contributed by atoms with Gasteiger partial charge in [0.1, 0.15) is 11.6 Å². The van der Waals surface area contributed by atoms with Gasteiger partial charge in [0.05, 0.1) is 12.1 Å². The van der Waals surface area contributed by atoms with Crippen LogP contribution in [0.15, 0.2) is 48.5 Å². The standard InChI is InChI=1S/C20H23FN2O3/c21-16-7-3-14(4-8-16)12-23-11-1-2-19(25)18(13-23)22-20(26)15-5-9-17(24)10-6-15/h3-10,18-19,24-25H,1-2,11-13H2,(H,22,26). The number of carbonyl (C=O) groups excluding carboxylic acids is 1. The summed E-state index contributed by atoms with van der Waals surface area (Å²) in [5.41, 5.74) is 1.43. The number of aromatic hydroxyl groups is 1. The average molecular weight is 358 g/mol. The molecule has 0 radical (unpaired) electrons. The lowest BCUT2D eigenvalue weighted by atomic mass is 10.1. The minimum absolute atomic E-state index is 0.0986. The van der Waals surface area contributed by atoms with E-state index < -0.39 is 6.10 Å². The second-order valence-corrected chi connectivity index (χ2v) is 6.70. The molecule has 0 aromatic heterocycles. The molecule has 1 aliphatic rings. The van der Waals surface area contributed by atoms with Crippen molar-refractivity contribution in [2.45, 2.75) is 31.5 Å². The molecule has 5 nitrogen and oxygen atoms in total. The van der Waals surface area contributed by atoms with Gasteiger partial charge in [-0.15, -0.1) is 0 Å². The summed E-state index contributed by atoms with van der Waals surface area (Å²) in [5.74, 6) is -0.446. The molecule has 1 heterocycles. The van der Waals surface area contributed by atoms with Crippen LogP contribution in [0.25, 0.3) is 0 Å². The summed E-state index contributed by atoms with van der Waals surface area (Å²) in [5, 5.41) is 22.6. The highest BCUT2D eigenvalue weighted by molar-refractivity contribution is 5.94. The number of hydrogen-bond donors (Lipinski definition) is 3. The number of amides is 1. The van der Waals surface area contributed by atoms with Crippen molar-refractivity contribution in [1.29, 1.82) is 0 Å². The molecular formula is C20H23FN2O3. The number of likely N-dealkylation sites (tertiary alicyclic amines) is 1. The van der Waals surface area contributed by atoms with E-state index in [1.807, 2.05) is 0 Å². The molecule has 0 spiro atoms. The molecule has 3 N–H and O–H groups in total. The molecule has 26 heavy (non-hydrogen) atoms. The topological polar surface area (TPSA) is 72.8 Å². The van der Waals surface area contributed by atoms with Crippen molar-refractivity contribution in [3.63, 3.8) is 0 Å². The molecule has 138 valence electrons. The van der Waals surface area contributed by atoms with Crippen LogP contribution in [0.3, 0.4) is 0 Å². The first-order valence-corrected chi connectivity index (χ1v) is 8.76. The van der Waals surface area contributed by atoms with Crippen LogP contribution in [0.2, 0.25) is 0 Å². The van der Waals surface area contributed by atoms with E-state index in [0.717, 1.165) is 18.5 Å². The quantitative estimate of drug-likeness (QED) is 0.784. The minimum Gasteiger partial charge on any atom is -0.508 e. The van der Waals surface area contributed by atoms with Gasteiger partial charge in [0, 0.05) is 18.7 Å². The van der Waals surface area contributed by atoms with Crippen molar-refractivity contribution in [2.75, 3.05) is 13.1 Å². The summed E-state index contributed by atoms with van der Waals surface area (Å²) >= 11 is 0. The average Bonchev–Trinajstić information content (AvgIpc) is 2.79. The van der Waals surface area contributed by atoms with Crippen molar-refractivity contribution in [1.82, 2.24) is 10.2 Å². The summed E-state index contributed by atoms with van der Waals surface area (Å²) in [6.07, 6.45) is 0.822. The molecule has 0 saturated carbocycles. The second-order valence-electron chi connectivity index (χ2n) is 6.70. The van der Waals surface area contributed by atoms with Gasteiger partial charge in [-0.05, 0) is 61.3 Å². The van der Waals surface area contributed by atoms with Crippen molar-refractivity contribution in [3.05, 3.63) is 65.5 Å². The van der Waals surface area contributed by atoms with Crippen LogP contribution in [0.1, 0.15) is 28.8 Å². The zero-order valence-corrected chi connectivity index (χ0v) is 14.4. The maximum atomic E-state index is 13.1. The normalized spacial score (nSPS) is 21.2. The van der Waals surface area contributed by atoms with Crippen LogP contribution < -0.4 is 5.32 Å². The van der Waals surface area contributed by atoms with E-state index in [-0.39, 0.29) is 23.5 Å². The van der Waals surface area contributed by atoms with Crippen LogP contribution in [0.5, 0.6) is 5.75 Å². The SMILES string of the molecule is O=C(NC1CN(Cc2ccc(F)cc2)CCCC1O)c1ccc(O)cc1.